The van der Waals surface area contributed by atoms with Gasteiger partial charge in [-0.25, -0.2) is 0 Å². The number of methoxy groups -OCH3 is 1. The maximum absolute atomic E-state index is 11.1. The average molecular weight is 190 g/mol. The summed E-state index contributed by atoms with van der Waals surface area (Å²) < 4.78 is 4.93. The molecular formula is C8H18N2O3. The van der Waals surface area contributed by atoms with E-state index in [2.05, 4.69) is 5.32 Å². The van der Waals surface area contributed by atoms with Crippen LogP contribution < -0.4 is 11.1 Å². The zero-order chi connectivity index (χ0) is 10.3. The number of ether oxygens (including phenoxy) is 1. The van der Waals surface area contributed by atoms with E-state index < -0.39 is 6.10 Å². The summed E-state index contributed by atoms with van der Waals surface area (Å²) >= 11 is 0. The van der Waals surface area contributed by atoms with Gasteiger partial charge < -0.3 is 20.9 Å². The Kier molecular flexibility index (Phi) is 6.48. The summed E-state index contributed by atoms with van der Waals surface area (Å²) in [5, 5.41) is 11.4. The van der Waals surface area contributed by atoms with Crippen LogP contribution in [0.3, 0.4) is 0 Å². The van der Waals surface area contributed by atoms with Gasteiger partial charge in [0, 0.05) is 20.2 Å². The van der Waals surface area contributed by atoms with Gasteiger partial charge in [-0.05, 0) is 6.92 Å². The molecule has 0 aliphatic rings. The SMILES string of the molecule is COC(CN)CC(=O)NCC(C)O. The van der Waals surface area contributed by atoms with Gasteiger partial charge in [-0.1, -0.05) is 0 Å². The maximum atomic E-state index is 11.1. The fraction of sp³-hybridized carbons (Fsp3) is 0.875. The molecule has 0 saturated heterocycles. The fourth-order valence-corrected chi connectivity index (χ4v) is 0.803. The van der Waals surface area contributed by atoms with Crippen molar-refractivity contribution in [2.75, 3.05) is 20.2 Å². The van der Waals surface area contributed by atoms with E-state index in [0.717, 1.165) is 0 Å². The minimum absolute atomic E-state index is 0.154. The quantitative estimate of drug-likeness (QED) is 0.493. The van der Waals surface area contributed by atoms with Crippen molar-refractivity contribution in [3.8, 4) is 0 Å². The lowest BCUT2D eigenvalue weighted by molar-refractivity contribution is -0.123. The predicted molar refractivity (Wildman–Crippen MR) is 49.2 cm³/mol. The van der Waals surface area contributed by atoms with Crippen LogP contribution in [0.2, 0.25) is 0 Å². The van der Waals surface area contributed by atoms with Crippen LogP contribution >= 0.6 is 0 Å². The number of carbonyl (C=O) groups excluding carboxylic acids is 1. The van der Waals surface area contributed by atoms with Gasteiger partial charge in [-0.2, -0.15) is 0 Å². The van der Waals surface area contributed by atoms with Crippen LogP contribution in [0.5, 0.6) is 0 Å². The largest absolute Gasteiger partial charge is 0.392 e. The minimum Gasteiger partial charge on any atom is -0.392 e. The van der Waals surface area contributed by atoms with Crippen molar-refractivity contribution >= 4 is 5.91 Å². The van der Waals surface area contributed by atoms with Crippen LogP contribution in [0.25, 0.3) is 0 Å². The number of nitrogens with two attached hydrogens (primary N) is 1. The van der Waals surface area contributed by atoms with Crippen LogP contribution in [-0.4, -0.2) is 43.4 Å². The molecule has 0 rings (SSSR count). The second-order valence-electron chi connectivity index (χ2n) is 2.95. The van der Waals surface area contributed by atoms with E-state index in [-0.39, 0.29) is 25.0 Å². The molecule has 5 nitrogen and oxygen atoms in total. The molecule has 0 aliphatic heterocycles. The molecule has 0 aromatic heterocycles. The van der Waals surface area contributed by atoms with Crippen LogP contribution in [0, 0.1) is 0 Å². The number of hydrogen-bond donors (Lipinski definition) is 3. The fourth-order valence-electron chi connectivity index (χ4n) is 0.803. The lowest BCUT2D eigenvalue weighted by atomic mass is 10.2. The Bertz CT molecular complexity index is 146. The third-order valence-electron chi connectivity index (χ3n) is 1.60. The number of rotatable bonds is 6. The van der Waals surface area contributed by atoms with Gasteiger partial charge in [0.2, 0.25) is 5.91 Å². The Morgan fingerprint density at radius 3 is 2.69 bits per heavy atom. The third-order valence-corrected chi connectivity index (χ3v) is 1.60. The van der Waals surface area contributed by atoms with Crippen molar-refractivity contribution in [3.63, 3.8) is 0 Å². The normalized spacial score (nSPS) is 15.1. The number of nitrogens with one attached hydrogen (secondary N) is 1. The Balaban J connectivity index is 3.60. The summed E-state index contributed by atoms with van der Waals surface area (Å²) in [7, 11) is 1.51. The van der Waals surface area contributed by atoms with Gasteiger partial charge in [0.05, 0.1) is 18.6 Å². The molecule has 78 valence electrons. The van der Waals surface area contributed by atoms with E-state index in [0.29, 0.717) is 6.54 Å². The summed E-state index contributed by atoms with van der Waals surface area (Å²) in [5.74, 6) is -0.154. The molecule has 1 amide bonds. The van der Waals surface area contributed by atoms with E-state index in [1.807, 2.05) is 0 Å². The number of aliphatic hydroxyl groups is 1. The zero-order valence-corrected chi connectivity index (χ0v) is 8.12. The molecule has 13 heavy (non-hydrogen) atoms. The summed E-state index contributed by atoms with van der Waals surface area (Å²) in [6, 6.07) is 0. The number of amides is 1. The van der Waals surface area contributed by atoms with Gasteiger partial charge in [-0.15, -0.1) is 0 Å². The molecule has 0 aliphatic carbocycles. The molecule has 2 unspecified atom stereocenters. The summed E-state index contributed by atoms with van der Waals surface area (Å²) in [6.45, 7) is 2.19. The molecule has 0 aromatic carbocycles. The van der Waals surface area contributed by atoms with E-state index in [1.54, 1.807) is 6.92 Å². The highest BCUT2D eigenvalue weighted by molar-refractivity contribution is 5.76. The van der Waals surface area contributed by atoms with Crippen LogP contribution in [0.4, 0.5) is 0 Å². The molecule has 0 radical (unpaired) electrons. The van der Waals surface area contributed by atoms with Gasteiger partial charge in [0.15, 0.2) is 0 Å². The minimum atomic E-state index is -0.525. The standard InChI is InChI=1S/C8H18N2O3/c1-6(11)5-10-8(12)3-7(4-9)13-2/h6-7,11H,3-5,9H2,1-2H3,(H,10,12). The molecule has 0 aromatic rings. The number of aliphatic hydroxyl groups excluding tert-OH is 1. The van der Waals surface area contributed by atoms with Crippen molar-refractivity contribution < 1.29 is 14.6 Å². The number of hydrogen-bond acceptors (Lipinski definition) is 4. The molecule has 0 heterocycles. The Hall–Kier alpha value is -0.650. The van der Waals surface area contributed by atoms with Gasteiger partial charge in [0.1, 0.15) is 0 Å². The monoisotopic (exact) mass is 190 g/mol. The van der Waals surface area contributed by atoms with Gasteiger partial charge in [0.25, 0.3) is 0 Å². The van der Waals surface area contributed by atoms with Crippen molar-refractivity contribution in [2.45, 2.75) is 25.6 Å². The van der Waals surface area contributed by atoms with Crippen LogP contribution in [0.15, 0.2) is 0 Å². The van der Waals surface area contributed by atoms with E-state index in [4.69, 9.17) is 15.6 Å². The first-order chi connectivity index (χ1) is 6.10. The molecule has 0 bridgehead atoms. The molecule has 2 atom stereocenters. The van der Waals surface area contributed by atoms with Crippen molar-refractivity contribution in [1.29, 1.82) is 0 Å². The van der Waals surface area contributed by atoms with Crippen molar-refractivity contribution in [3.05, 3.63) is 0 Å². The van der Waals surface area contributed by atoms with Crippen molar-refractivity contribution in [1.82, 2.24) is 5.32 Å². The summed E-state index contributed by atoms with van der Waals surface area (Å²) in [5.41, 5.74) is 5.33. The van der Waals surface area contributed by atoms with E-state index >= 15 is 0 Å². The summed E-state index contributed by atoms with van der Waals surface area (Å²) in [6.07, 6.45) is -0.531. The van der Waals surface area contributed by atoms with Gasteiger partial charge in [-0.3, -0.25) is 4.79 Å². The topological polar surface area (TPSA) is 84.6 Å². The van der Waals surface area contributed by atoms with Crippen LogP contribution in [-0.2, 0) is 9.53 Å². The third kappa shape index (κ3) is 6.51. The van der Waals surface area contributed by atoms with E-state index in [1.165, 1.54) is 7.11 Å². The molecule has 0 fully saturated rings. The first-order valence-corrected chi connectivity index (χ1v) is 4.27. The highest BCUT2D eigenvalue weighted by Gasteiger charge is 2.11. The highest BCUT2D eigenvalue weighted by Crippen LogP contribution is 1.94. The van der Waals surface area contributed by atoms with E-state index in [9.17, 15) is 4.79 Å². The first-order valence-electron chi connectivity index (χ1n) is 4.27. The highest BCUT2D eigenvalue weighted by atomic mass is 16.5. The predicted octanol–water partition coefficient (Wildman–Crippen LogP) is -1.15. The van der Waals surface area contributed by atoms with Crippen molar-refractivity contribution in [2.24, 2.45) is 5.73 Å². The molecule has 5 heteroatoms. The average Bonchev–Trinajstić information content (AvgIpc) is 2.10. The second-order valence-corrected chi connectivity index (χ2v) is 2.95. The smallest absolute Gasteiger partial charge is 0.222 e. The second kappa shape index (κ2) is 6.82. The Morgan fingerprint density at radius 1 is 1.69 bits per heavy atom. The maximum Gasteiger partial charge on any atom is 0.222 e. The first kappa shape index (κ1) is 12.3. The Morgan fingerprint density at radius 2 is 2.31 bits per heavy atom. The zero-order valence-electron chi connectivity index (χ0n) is 8.12. The van der Waals surface area contributed by atoms with Crippen LogP contribution in [0.1, 0.15) is 13.3 Å². The molecule has 0 spiro atoms. The summed E-state index contributed by atoms with van der Waals surface area (Å²) in [4.78, 5) is 11.1. The molecule has 4 N–H and O–H groups in total. The molecule has 0 saturated carbocycles. The number of carbonyl (C=O) groups is 1. The Labute approximate surface area is 78.3 Å². The lowest BCUT2D eigenvalue weighted by Gasteiger charge is -2.13. The lowest BCUT2D eigenvalue weighted by Crippen LogP contribution is -2.35. The van der Waals surface area contributed by atoms with Gasteiger partial charge >= 0.3 is 0 Å². The molecular weight excluding hydrogens is 172 g/mol.